The van der Waals surface area contributed by atoms with Gasteiger partial charge in [-0.15, -0.1) is 0 Å². The minimum absolute atomic E-state index is 0.224. The second-order valence-electron chi connectivity index (χ2n) is 3.67. The van der Waals surface area contributed by atoms with Gasteiger partial charge in [0.25, 0.3) is 0 Å². The van der Waals surface area contributed by atoms with Crippen molar-refractivity contribution in [1.82, 2.24) is 15.1 Å². The molecule has 96 valence electrons. The minimum atomic E-state index is -4.67. The predicted octanol–water partition coefficient (Wildman–Crippen LogP) is 1.84. The Bertz CT molecular complexity index is 552. The molecule has 18 heavy (non-hydrogen) atoms. The lowest BCUT2D eigenvalue weighted by Gasteiger charge is -2.09. The molecule has 0 amide bonds. The topological polar surface area (TPSA) is 77.8 Å². The molecule has 0 spiro atoms. The van der Waals surface area contributed by atoms with Crippen LogP contribution in [0.3, 0.4) is 0 Å². The summed E-state index contributed by atoms with van der Waals surface area (Å²) >= 11 is 0. The van der Waals surface area contributed by atoms with E-state index < -0.39 is 18.1 Å². The highest BCUT2D eigenvalue weighted by molar-refractivity contribution is 5.28. The number of hydrogen-bond donors (Lipinski definition) is 1. The molecule has 0 aliphatic heterocycles. The number of pyridine rings is 1. The molecule has 1 unspecified atom stereocenters. The zero-order chi connectivity index (χ0) is 13.3. The molecule has 0 fully saturated rings. The standard InChI is InChI=1S/C10H9F3N4O/c1-5-2-3-15-4-6(5)7(14)8-16-9(18-17-8)10(11,12)13/h2-4,7H,14H2,1H3. The third-order valence-electron chi connectivity index (χ3n) is 2.38. The molecule has 1 atom stereocenters. The molecule has 2 aromatic heterocycles. The molecule has 2 N–H and O–H groups in total. The number of nitrogens with two attached hydrogens (primary N) is 1. The molecule has 5 nitrogen and oxygen atoms in total. The highest BCUT2D eigenvalue weighted by Crippen LogP contribution is 2.29. The van der Waals surface area contributed by atoms with E-state index in [0.29, 0.717) is 5.56 Å². The van der Waals surface area contributed by atoms with Gasteiger partial charge >= 0.3 is 12.1 Å². The van der Waals surface area contributed by atoms with Crippen molar-refractivity contribution in [3.8, 4) is 0 Å². The monoisotopic (exact) mass is 258 g/mol. The SMILES string of the molecule is Cc1ccncc1C(N)c1noc(C(F)(F)F)n1. The summed E-state index contributed by atoms with van der Waals surface area (Å²) in [6, 6.07) is 0.790. The fourth-order valence-electron chi connectivity index (χ4n) is 1.42. The third kappa shape index (κ3) is 2.33. The van der Waals surface area contributed by atoms with Crippen LogP contribution in [-0.4, -0.2) is 15.1 Å². The van der Waals surface area contributed by atoms with Gasteiger partial charge in [-0.3, -0.25) is 4.98 Å². The van der Waals surface area contributed by atoms with Crippen molar-refractivity contribution in [2.24, 2.45) is 5.73 Å². The van der Waals surface area contributed by atoms with Crippen LogP contribution in [0.25, 0.3) is 0 Å². The summed E-state index contributed by atoms with van der Waals surface area (Å²) in [4.78, 5) is 7.10. The van der Waals surface area contributed by atoms with Crippen LogP contribution < -0.4 is 5.73 Å². The van der Waals surface area contributed by atoms with Crippen LogP contribution in [-0.2, 0) is 6.18 Å². The second kappa shape index (κ2) is 4.37. The Kier molecular flexibility index (Phi) is 3.04. The maximum absolute atomic E-state index is 12.3. The molecule has 8 heteroatoms. The van der Waals surface area contributed by atoms with Gasteiger partial charge in [0.1, 0.15) is 0 Å². The maximum atomic E-state index is 12.3. The summed E-state index contributed by atoms with van der Waals surface area (Å²) in [5, 5.41) is 3.24. The van der Waals surface area contributed by atoms with E-state index in [0.717, 1.165) is 5.56 Å². The number of hydrogen-bond acceptors (Lipinski definition) is 5. The van der Waals surface area contributed by atoms with Crippen molar-refractivity contribution in [3.63, 3.8) is 0 Å². The van der Waals surface area contributed by atoms with E-state index >= 15 is 0 Å². The molecule has 0 saturated carbocycles. The molecule has 2 heterocycles. The summed E-state index contributed by atoms with van der Waals surface area (Å²) in [6.45, 7) is 1.77. The number of rotatable bonds is 2. The van der Waals surface area contributed by atoms with E-state index in [1.165, 1.54) is 6.20 Å². The molecule has 0 aliphatic carbocycles. The van der Waals surface area contributed by atoms with E-state index in [1.54, 1.807) is 19.2 Å². The van der Waals surface area contributed by atoms with E-state index in [4.69, 9.17) is 5.73 Å². The maximum Gasteiger partial charge on any atom is 0.471 e. The van der Waals surface area contributed by atoms with Gasteiger partial charge in [-0.25, -0.2) is 0 Å². The number of aryl methyl sites for hydroxylation is 1. The Morgan fingerprint density at radius 3 is 2.67 bits per heavy atom. The Labute approximate surface area is 99.8 Å². The number of alkyl halides is 3. The average molecular weight is 258 g/mol. The van der Waals surface area contributed by atoms with Gasteiger partial charge in [-0.1, -0.05) is 5.16 Å². The summed E-state index contributed by atoms with van der Waals surface area (Å²) in [6.07, 6.45) is -1.65. The summed E-state index contributed by atoms with van der Waals surface area (Å²) in [5.41, 5.74) is 7.12. The van der Waals surface area contributed by atoms with Gasteiger partial charge in [0.2, 0.25) is 0 Å². The molecule has 0 saturated heterocycles. The zero-order valence-corrected chi connectivity index (χ0v) is 9.27. The lowest BCUT2D eigenvalue weighted by Crippen LogP contribution is -2.16. The van der Waals surface area contributed by atoms with E-state index in [1.807, 2.05) is 0 Å². The molecule has 2 rings (SSSR count). The number of nitrogens with zero attached hydrogens (tertiary/aromatic N) is 3. The van der Waals surface area contributed by atoms with Crippen molar-refractivity contribution < 1.29 is 17.7 Å². The predicted molar refractivity (Wildman–Crippen MR) is 54.3 cm³/mol. The Balaban J connectivity index is 2.33. The van der Waals surface area contributed by atoms with E-state index in [-0.39, 0.29) is 5.82 Å². The highest BCUT2D eigenvalue weighted by atomic mass is 19.4. The Morgan fingerprint density at radius 1 is 1.39 bits per heavy atom. The summed E-state index contributed by atoms with van der Waals surface area (Å²) in [7, 11) is 0. The minimum Gasteiger partial charge on any atom is -0.329 e. The van der Waals surface area contributed by atoms with Gasteiger partial charge in [-0.05, 0) is 24.1 Å². The van der Waals surface area contributed by atoms with Gasteiger partial charge in [0.05, 0.1) is 6.04 Å². The highest BCUT2D eigenvalue weighted by Gasteiger charge is 2.39. The first-order valence-corrected chi connectivity index (χ1v) is 4.96. The van der Waals surface area contributed by atoms with Crippen molar-refractivity contribution in [2.75, 3.05) is 0 Å². The lowest BCUT2D eigenvalue weighted by atomic mass is 10.0. The first-order chi connectivity index (χ1) is 8.39. The fourth-order valence-corrected chi connectivity index (χ4v) is 1.42. The Hall–Kier alpha value is -1.96. The van der Waals surface area contributed by atoms with Gasteiger partial charge in [0, 0.05) is 12.4 Å². The van der Waals surface area contributed by atoms with Crippen LogP contribution in [0.4, 0.5) is 13.2 Å². The first kappa shape index (κ1) is 12.5. The van der Waals surface area contributed by atoms with E-state index in [9.17, 15) is 13.2 Å². The fraction of sp³-hybridized carbons (Fsp3) is 0.300. The van der Waals surface area contributed by atoms with Gasteiger partial charge in [0.15, 0.2) is 5.82 Å². The van der Waals surface area contributed by atoms with Crippen molar-refractivity contribution in [2.45, 2.75) is 19.1 Å². The van der Waals surface area contributed by atoms with Gasteiger partial charge in [-0.2, -0.15) is 18.2 Å². The lowest BCUT2D eigenvalue weighted by molar-refractivity contribution is -0.159. The largest absolute Gasteiger partial charge is 0.471 e. The second-order valence-corrected chi connectivity index (χ2v) is 3.67. The van der Waals surface area contributed by atoms with Crippen molar-refractivity contribution in [1.29, 1.82) is 0 Å². The summed E-state index contributed by atoms with van der Waals surface area (Å²) in [5.74, 6) is -1.63. The van der Waals surface area contributed by atoms with Crippen LogP contribution in [0.2, 0.25) is 0 Å². The van der Waals surface area contributed by atoms with Crippen LogP contribution in [0.15, 0.2) is 23.0 Å². The van der Waals surface area contributed by atoms with Crippen LogP contribution in [0.5, 0.6) is 0 Å². The van der Waals surface area contributed by atoms with Crippen LogP contribution in [0.1, 0.15) is 28.9 Å². The molecule has 2 aromatic rings. The van der Waals surface area contributed by atoms with Crippen molar-refractivity contribution >= 4 is 0 Å². The molecular weight excluding hydrogens is 249 g/mol. The molecule has 0 aliphatic rings. The van der Waals surface area contributed by atoms with Crippen LogP contribution in [0, 0.1) is 6.92 Å². The quantitative estimate of drug-likeness (QED) is 0.889. The van der Waals surface area contributed by atoms with E-state index in [2.05, 4.69) is 19.6 Å². The number of aromatic nitrogens is 3. The molecular formula is C10H9F3N4O. The molecule has 0 bridgehead atoms. The Morgan fingerprint density at radius 2 is 2.11 bits per heavy atom. The smallest absolute Gasteiger partial charge is 0.329 e. The third-order valence-corrected chi connectivity index (χ3v) is 2.38. The molecule has 0 radical (unpaired) electrons. The number of halogens is 3. The average Bonchev–Trinajstić information content (AvgIpc) is 2.77. The van der Waals surface area contributed by atoms with Gasteiger partial charge < -0.3 is 10.3 Å². The normalized spacial score (nSPS) is 13.6. The van der Waals surface area contributed by atoms with Crippen LogP contribution >= 0.6 is 0 Å². The zero-order valence-electron chi connectivity index (χ0n) is 9.27. The molecule has 0 aromatic carbocycles. The summed E-state index contributed by atoms with van der Waals surface area (Å²) < 4.78 is 41.0. The first-order valence-electron chi connectivity index (χ1n) is 4.96. The van der Waals surface area contributed by atoms with Crippen molar-refractivity contribution in [3.05, 3.63) is 41.3 Å².